The molecule has 0 aliphatic heterocycles. The summed E-state index contributed by atoms with van der Waals surface area (Å²) in [6.07, 6.45) is 0. The molecule has 0 saturated heterocycles. The number of hydrogen-bond acceptors (Lipinski definition) is 3. The molecule has 1 aromatic heterocycles. The van der Waals surface area contributed by atoms with Gasteiger partial charge in [-0.3, -0.25) is 4.98 Å². The van der Waals surface area contributed by atoms with Crippen molar-refractivity contribution >= 4 is 21.6 Å². The van der Waals surface area contributed by atoms with Crippen molar-refractivity contribution in [3.63, 3.8) is 0 Å². The van der Waals surface area contributed by atoms with Crippen LogP contribution in [0, 0.1) is 12.7 Å². The molecule has 0 atom stereocenters. The van der Waals surface area contributed by atoms with Crippen LogP contribution >= 0.6 is 15.9 Å². The summed E-state index contributed by atoms with van der Waals surface area (Å²) in [4.78, 5) is 6.44. The molecular weight excluding hydrogens is 333 g/mol. The van der Waals surface area contributed by atoms with Crippen molar-refractivity contribution < 1.29 is 4.39 Å². The van der Waals surface area contributed by atoms with Crippen LogP contribution in [0.4, 0.5) is 10.1 Å². The third kappa shape index (κ3) is 3.60. The zero-order valence-electron chi connectivity index (χ0n) is 12.2. The van der Waals surface area contributed by atoms with E-state index < -0.39 is 0 Å². The number of nitrogens with two attached hydrogens (primary N) is 1. The topological polar surface area (TPSA) is 42.2 Å². The lowest BCUT2D eigenvalue weighted by molar-refractivity contribution is 0.608. The molecule has 1 aromatic carbocycles. The minimum atomic E-state index is -0.271. The summed E-state index contributed by atoms with van der Waals surface area (Å²) in [6.45, 7) is 5.53. The highest BCUT2D eigenvalue weighted by molar-refractivity contribution is 9.10. The Morgan fingerprint density at radius 2 is 2.05 bits per heavy atom. The first kappa shape index (κ1) is 15.9. The maximum Gasteiger partial charge on any atom is 0.160 e. The SMILES string of the molecule is CCN(Cc1cccc(C)n1)c1ccc(CN)c(Br)c1F. The van der Waals surface area contributed by atoms with Crippen molar-refractivity contribution in [1.82, 2.24) is 4.98 Å². The van der Waals surface area contributed by atoms with E-state index in [1.807, 2.05) is 43.0 Å². The van der Waals surface area contributed by atoms with Crippen LogP contribution in [-0.4, -0.2) is 11.5 Å². The van der Waals surface area contributed by atoms with Gasteiger partial charge in [0.05, 0.1) is 22.4 Å². The van der Waals surface area contributed by atoms with Gasteiger partial charge in [0, 0.05) is 18.8 Å². The molecule has 0 saturated carbocycles. The lowest BCUT2D eigenvalue weighted by atomic mass is 10.1. The number of pyridine rings is 1. The maximum absolute atomic E-state index is 14.5. The second-order valence-electron chi connectivity index (χ2n) is 4.86. The highest BCUT2D eigenvalue weighted by atomic mass is 79.9. The Hall–Kier alpha value is -1.46. The van der Waals surface area contributed by atoms with Gasteiger partial charge in [-0.15, -0.1) is 0 Å². The molecule has 2 N–H and O–H groups in total. The molecule has 5 heteroatoms. The Morgan fingerprint density at radius 3 is 2.67 bits per heavy atom. The van der Waals surface area contributed by atoms with Gasteiger partial charge >= 0.3 is 0 Å². The fourth-order valence-corrected chi connectivity index (χ4v) is 2.73. The summed E-state index contributed by atoms with van der Waals surface area (Å²) < 4.78 is 14.9. The first-order valence-electron chi connectivity index (χ1n) is 6.91. The zero-order chi connectivity index (χ0) is 15.4. The van der Waals surface area contributed by atoms with E-state index in [4.69, 9.17) is 5.73 Å². The number of halogens is 2. The first-order chi connectivity index (χ1) is 10.1. The third-order valence-electron chi connectivity index (χ3n) is 3.38. The Balaban J connectivity index is 2.31. The molecule has 21 heavy (non-hydrogen) atoms. The number of hydrogen-bond donors (Lipinski definition) is 1. The normalized spacial score (nSPS) is 10.7. The van der Waals surface area contributed by atoms with Crippen LogP contribution in [0.2, 0.25) is 0 Å². The van der Waals surface area contributed by atoms with E-state index >= 15 is 0 Å². The first-order valence-corrected chi connectivity index (χ1v) is 7.70. The zero-order valence-corrected chi connectivity index (χ0v) is 13.8. The molecule has 0 fully saturated rings. The van der Waals surface area contributed by atoms with Gasteiger partial charge in [-0.25, -0.2) is 4.39 Å². The Morgan fingerprint density at radius 1 is 1.29 bits per heavy atom. The van der Waals surface area contributed by atoms with E-state index in [2.05, 4.69) is 20.9 Å². The third-order valence-corrected chi connectivity index (χ3v) is 4.24. The highest BCUT2D eigenvalue weighted by Gasteiger charge is 2.16. The second-order valence-corrected chi connectivity index (χ2v) is 5.65. The minimum absolute atomic E-state index is 0.271. The van der Waals surface area contributed by atoms with Crippen LogP contribution in [0.25, 0.3) is 0 Å². The Labute approximate surface area is 133 Å². The summed E-state index contributed by atoms with van der Waals surface area (Å²) in [5, 5.41) is 0. The number of anilines is 1. The van der Waals surface area contributed by atoms with Gasteiger partial charge in [-0.2, -0.15) is 0 Å². The molecule has 0 spiro atoms. The average molecular weight is 352 g/mol. The molecule has 0 bridgehead atoms. The average Bonchev–Trinajstić information content (AvgIpc) is 2.48. The summed E-state index contributed by atoms with van der Waals surface area (Å²) >= 11 is 3.29. The quantitative estimate of drug-likeness (QED) is 0.891. The largest absolute Gasteiger partial charge is 0.364 e. The number of aromatic nitrogens is 1. The monoisotopic (exact) mass is 351 g/mol. The summed E-state index contributed by atoms with van der Waals surface area (Å²) in [5.74, 6) is -0.271. The van der Waals surface area contributed by atoms with E-state index in [1.165, 1.54) is 0 Å². The molecule has 0 aliphatic rings. The summed E-state index contributed by atoms with van der Waals surface area (Å²) in [6, 6.07) is 9.51. The highest BCUT2D eigenvalue weighted by Crippen LogP contribution is 2.30. The second kappa shape index (κ2) is 7.00. The van der Waals surface area contributed by atoms with Crippen LogP contribution in [-0.2, 0) is 13.1 Å². The molecule has 1 heterocycles. The van der Waals surface area contributed by atoms with Crippen LogP contribution in [0.3, 0.4) is 0 Å². The van der Waals surface area contributed by atoms with Crippen LogP contribution in [0.15, 0.2) is 34.8 Å². The van der Waals surface area contributed by atoms with Crippen molar-refractivity contribution in [3.05, 3.63) is 57.6 Å². The van der Waals surface area contributed by atoms with Crippen molar-refractivity contribution in [1.29, 1.82) is 0 Å². The van der Waals surface area contributed by atoms with E-state index in [9.17, 15) is 4.39 Å². The lowest BCUT2D eigenvalue weighted by Gasteiger charge is -2.24. The van der Waals surface area contributed by atoms with Crippen LogP contribution < -0.4 is 10.6 Å². The van der Waals surface area contributed by atoms with Crippen molar-refractivity contribution in [2.45, 2.75) is 26.9 Å². The summed E-state index contributed by atoms with van der Waals surface area (Å²) in [5.41, 5.74) is 8.81. The Bertz CT molecular complexity index is 631. The van der Waals surface area contributed by atoms with Gasteiger partial charge in [-0.1, -0.05) is 12.1 Å². The molecule has 3 nitrogen and oxygen atoms in total. The van der Waals surface area contributed by atoms with E-state index in [1.54, 1.807) is 6.07 Å². The Kier molecular flexibility index (Phi) is 5.31. The number of rotatable bonds is 5. The van der Waals surface area contributed by atoms with E-state index in [-0.39, 0.29) is 5.82 Å². The predicted molar refractivity (Wildman–Crippen MR) is 87.7 cm³/mol. The van der Waals surface area contributed by atoms with Crippen LogP contribution in [0.5, 0.6) is 0 Å². The number of nitrogens with zero attached hydrogens (tertiary/aromatic N) is 2. The molecule has 0 aliphatic carbocycles. The molecule has 112 valence electrons. The van der Waals surface area contributed by atoms with Crippen molar-refractivity contribution in [3.8, 4) is 0 Å². The fourth-order valence-electron chi connectivity index (χ4n) is 2.23. The predicted octanol–water partition coefficient (Wildman–Crippen LogP) is 3.78. The van der Waals surface area contributed by atoms with Gasteiger partial charge in [-0.05, 0) is 53.5 Å². The molecule has 0 amide bonds. The van der Waals surface area contributed by atoms with Gasteiger partial charge in [0.25, 0.3) is 0 Å². The smallest absolute Gasteiger partial charge is 0.160 e. The molecule has 2 rings (SSSR count). The number of benzene rings is 1. The van der Waals surface area contributed by atoms with Crippen LogP contribution in [0.1, 0.15) is 23.9 Å². The molecule has 0 radical (unpaired) electrons. The number of aryl methyl sites for hydroxylation is 1. The van der Waals surface area contributed by atoms with Gasteiger partial charge in [0.1, 0.15) is 0 Å². The molecular formula is C16H19BrFN3. The van der Waals surface area contributed by atoms with E-state index in [0.29, 0.717) is 29.8 Å². The maximum atomic E-state index is 14.5. The standard InChI is InChI=1S/C16H19BrFN3/c1-3-21(10-13-6-4-5-11(2)20-13)14-8-7-12(9-19)15(17)16(14)18/h4-8H,3,9-10,19H2,1-2H3. The summed E-state index contributed by atoms with van der Waals surface area (Å²) in [7, 11) is 0. The fraction of sp³-hybridized carbons (Fsp3) is 0.312. The van der Waals surface area contributed by atoms with Gasteiger partial charge in [0.2, 0.25) is 0 Å². The minimum Gasteiger partial charge on any atom is -0.364 e. The van der Waals surface area contributed by atoms with E-state index in [0.717, 1.165) is 17.0 Å². The lowest BCUT2D eigenvalue weighted by Crippen LogP contribution is -2.24. The van der Waals surface area contributed by atoms with Gasteiger partial charge < -0.3 is 10.6 Å². The van der Waals surface area contributed by atoms with Crippen molar-refractivity contribution in [2.24, 2.45) is 5.73 Å². The van der Waals surface area contributed by atoms with Gasteiger partial charge in [0.15, 0.2) is 5.82 Å². The molecule has 0 unspecified atom stereocenters. The van der Waals surface area contributed by atoms with Crippen molar-refractivity contribution in [2.75, 3.05) is 11.4 Å². The molecule has 2 aromatic rings.